The zero-order valence-corrected chi connectivity index (χ0v) is 6.50. The zero-order valence-electron chi connectivity index (χ0n) is 5.69. The van der Waals surface area contributed by atoms with Gasteiger partial charge in [0.05, 0.1) is 5.25 Å². The summed E-state index contributed by atoms with van der Waals surface area (Å²) >= 11 is 0. The van der Waals surface area contributed by atoms with Crippen LogP contribution in [0.1, 0.15) is 6.42 Å². The first-order chi connectivity index (χ1) is 4.61. The van der Waals surface area contributed by atoms with Crippen LogP contribution < -0.4 is 0 Å². The Hall–Kier alpha value is -0.640. The highest BCUT2D eigenvalue weighted by Gasteiger charge is 2.17. The first-order valence-electron chi connectivity index (χ1n) is 2.98. The van der Waals surface area contributed by atoms with E-state index >= 15 is 0 Å². The Morgan fingerprint density at radius 3 is 2.60 bits per heavy atom. The Morgan fingerprint density at radius 2 is 2.30 bits per heavy atom. The smallest absolute Gasteiger partial charge is 0.155 e. The summed E-state index contributed by atoms with van der Waals surface area (Å²) in [5.41, 5.74) is 0. The summed E-state index contributed by atoms with van der Waals surface area (Å²) in [6, 6.07) is 0. The van der Waals surface area contributed by atoms with Gasteiger partial charge in [-0.3, -0.25) is 4.99 Å². The fourth-order valence-electron chi connectivity index (χ4n) is 0.748. The van der Waals surface area contributed by atoms with Gasteiger partial charge in [0.2, 0.25) is 0 Å². The van der Waals surface area contributed by atoms with E-state index in [0.29, 0.717) is 6.42 Å². The lowest BCUT2D eigenvalue weighted by Crippen LogP contribution is -2.21. The summed E-state index contributed by atoms with van der Waals surface area (Å²) < 4.78 is 21.7. The molecule has 0 fully saturated rings. The summed E-state index contributed by atoms with van der Waals surface area (Å²) in [4.78, 5) is 3.74. The lowest BCUT2D eigenvalue weighted by atomic mass is 10.3. The minimum Gasteiger partial charge on any atom is -0.268 e. The van der Waals surface area contributed by atoms with Crippen LogP contribution in [0.15, 0.2) is 17.3 Å². The van der Waals surface area contributed by atoms with Crippen molar-refractivity contribution in [2.45, 2.75) is 11.7 Å². The van der Waals surface area contributed by atoms with Crippen LogP contribution in [0.3, 0.4) is 0 Å². The summed E-state index contributed by atoms with van der Waals surface area (Å²) in [6.45, 7) is 0. The normalized spacial score (nSPS) is 25.1. The number of hydrogen-bond donors (Lipinski definition) is 0. The van der Waals surface area contributed by atoms with Gasteiger partial charge in [-0.25, -0.2) is 8.42 Å². The molecule has 1 atom stereocenters. The molecule has 56 valence electrons. The fraction of sp³-hybridized carbons (Fsp3) is 0.500. The van der Waals surface area contributed by atoms with Crippen LogP contribution in [0, 0.1) is 0 Å². The molecule has 1 rings (SSSR count). The Bertz CT molecular complexity index is 263. The van der Waals surface area contributed by atoms with Crippen molar-refractivity contribution in [3.63, 3.8) is 0 Å². The average molecular weight is 159 g/mol. The number of rotatable bonds is 1. The predicted molar refractivity (Wildman–Crippen MR) is 40.9 cm³/mol. The summed E-state index contributed by atoms with van der Waals surface area (Å²) in [6.07, 6.45) is 6.62. The maximum Gasteiger partial charge on any atom is 0.155 e. The molecule has 0 radical (unpaired) electrons. The molecule has 0 bridgehead atoms. The van der Waals surface area contributed by atoms with Crippen LogP contribution in [-0.4, -0.2) is 26.1 Å². The monoisotopic (exact) mass is 159 g/mol. The van der Waals surface area contributed by atoms with E-state index in [1.807, 2.05) is 0 Å². The molecule has 0 aromatic rings. The van der Waals surface area contributed by atoms with Gasteiger partial charge < -0.3 is 0 Å². The summed E-state index contributed by atoms with van der Waals surface area (Å²) in [7, 11) is -2.93. The van der Waals surface area contributed by atoms with E-state index in [-0.39, 0.29) is 0 Å². The van der Waals surface area contributed by atoms with Gasteiger partial charge in [-0.1, -0.05) is 6.08 Å². The minimum absolute atomic E-state index is 0.405. The highest BCUT2D eigenvalue weighted by atomic mass is 32.2. The molecular formula is C6H9NO2S. The van der Waals surface area contributed by atoms with E-state index in [4.69, 9.17) is 0 Å². The molecule has 0 N–H and O–H groups in total. The predicted octanol–water partition coefficient (Wildman–Crippen LogP) is 0.388. The van der Waals surface area contributed by atoms with Gasteiger partial charge in [-0.05, 0) is 6.42 Å². The minimum atomic E-state index is -2.93. The Balaban J connectivity index is 2.79. The molecule has 0 spiro atoms. The largest absolute Gasteiger partial charge is 0.268 e. The second-order valence-electron chi connectivity index (χ2n) is 2.29. The van der Waals surface area contributed by atoms with Gasteiger partial charge in [0.25, 0.3) is 0 Å². The SMILES string of the molecule is CS(=O)(=O)C1C=NC=CC1. The molecular weight excluding hydrogens is 150 g/mol. The van der Waals surface area contributed by atoms with Crippen molar-refractivity contribution in [2.75, 3.05) is 6.26 Å². The molecule has 4 heteroatoms. The summed E-state index contributed by atoms with van der Waals surface area (Å²) in [5.74, 6) is 0. The van der Waals surface area contributed by atoms with E-state index in [0.717, 1.165) is 0 Å². The Labute approximate surface area is 60.4 Å². The maximum atomic E-state index is 10.9. The van der Waals surface area contributed by atoms with Crippen LogP contribution in [0.5, 0.6) is 0 Å². The quantitative estimate of drug-likeness (QED) is 0.555. The number of nitrogens with zero attached hydrogens (tertiary/aromatic N) is 1. The number of hydrogen-bond acceptors (Lipinski definition) is 3. The molecule has 0 aliphatic carbocycles. The first kappa shape index (κ1) is 7.47. The third-order valence-electron chi connectivity index (χ3n) is 1.36. The van der Waals surface area contributed by atoms with Crippen LogP contribution in [0.4, 0.5) is 0 Å². The molecule has 0 aromatic carbocycles. The van der Waals surface area contributed by atoms with E-state index in [2.05, 4.69) is 4.99 Å². The van der Waals surface area contributed by atoms with Crippen LogP contribution in [-0.2, 0) is 9.84 Å². The van der Waals surface area contributed by atoms with Crippen LogP contribution in [0.2, 0.25) is 0 Å². The van der Waals surface area contributed by atoms with Gasteiger partial charge in [0.15, 0.2) is 9.84 Å². The number of aliphatic imine (C=N–C) groups is 1. The fourth-order valence-corrected chi connectivity index (χ4v) is 1.50. The van der Waals surface area contributed by atoms with E-state index in [1.165, 1.54) is 12.5 Å². The van der Waals surface area contributed by atoms with Gasteiger partial charge >= 0.3 is 0 Å². The molecule has 0 saturated heterocycles. The lowest BCUT2D eigenvalue weighted by Gasteiger charge is -2.08. The van der Waals surface area contributed by atoms with Crippen molar-refractivity contribution in [1.82, 2.24) is 0 Å². The molecule has 3 nitrogen and oxygen atoms in total. The van der Waals surface area contributed by atoms with Crippen molar-refractivity contribution in [3.8, 4) is 0 Å². The third kappa shape index (κ3) is 1.67. The van der Waals surface area contributed by atoms with Gasteiger partial charge in [0, 0.05) is 18.7 Å². The Kier molecular flexibility index (Phi) is 1.89. The second-order valence-corrected chi connectivity index (χ2v) is 4.55. The number of allylic oxidation sites excluding steroid dienone is 1. The lowest BCUT2D eigenvalue weighted by molar-refractivity contribution is 0.597. The molecule has 0 amide bonds. The average Bonchev–Trinajstić information content (AvgIpc) is 1.88. The zero-order chi connectivity index (χ0) is 7.61. The standard InChI is InChI=1S/C6H9NO2S/c1-10(8,9)6-3-2-4-7-5-6/h2,4-6H,3H2,1H3. The van der Waals surface area contributed by atoms with E-state index < -0.39 is 15.1 Å². The molecule has 10 heavy (non-hydrogen) atoms. The molecule has 1 aliphatic rings. The summed E-state index contributed by atoms with van der Waals surface area (Å²) in [5, 5.41) is -0.405. The third-order valence-corrected chi connectivity index (χ3v) is 2.78. The van der Waals surface area contributed by atoms with Gasteiger partial charge in [0.1, 0.15) is 0 Å². The van der Waals surface area contributed by atoms with Gasteiger partial charge in [-0.2, -0.15) is 0 Å². The van der Waals surface area contributed by atoms with E-state index in [9.17, 15) is 8.42 Å². The van der Waals surface area contributed by atoms with Crippen LogP contribution >= 0.6 is 0 Å². The van der Waals surface area contributed by atoms with Crippen molar-refractivity contribution in [3.05, 3.63) is 12.3 Å². The molecule has 0 saturated carbocycles. The Morgan fingerprint density at radius 1 is 1.60 bits per heavy atom. The van der Waals surface area contributed by atoms with Crippen molar-refractivity contribution >= 4 is 16.1 Å². The van der Waals surface area contributed by atoms with Crippen molar-refractivity contribution < 1.29 is 8.42 Å². The van der Waals surface area contributed by atoms with Crippen molar-refractivity contribution in [2.24, 2.45) is 4.99 Å². The molecule has 0 aromatic heterocycles. The highest BCUT2D eigenvalue weighted by molar-refractivity contribution is 7.92. The molecule has 1 aliphatic heterocycles. The van der Waals surface area contributed by atoms with Crippen LogP contribution in [0.25, 0.3) is 0 Å². The van der Waals surface area contributed by atoms with Crippen molar-refractivity contribution in [1.29, 1.82) is 0 Å². The molecule has 1 heterocycles. The highest BCUT2D eigenvalue weighted by Crippen LogP contribution is 2.06. The van der Waals surface area contributed by atoms with Gasteiger partial charge in [-0.15, -0.1) is 0 Å². The number of sulfone groups is 1. The molecule has 1 unspecified atom stereocenters. The maximum absolute atomic E-state index is 10.9. The van der Waals surface area contributed by atoms with E-state index in [1.54, 1.807) is 12.3 Å². The second kappa shape index (κ2) is 2.54. The first-order valence-corrected chi connectivity index (χ1v) is 4.93. The topological polar surface area (TPSA) is 46.5 Å².